The van der Waals surface area contributed by atoms with Crippen molar-refractivity contribution >= 4 is 17.5 Å². The first-order valence-electron chi connectivity index (χ1n) is 10.4. The van der Waals surface area contributed by atoms with Gasteiger partial charge in [0.25, 0.3) is 5.91 Å². The Morgan fingerprint density at radius 1 is 1.00 bits per heavy atom. The number of hydrogen-bond acceptors (Lipinski definition) is 4. The van der Waals surface area contributed by atoms with E-state index in [1.165, 1.54) is 24.8 Å². The van der Waals surface area contributed by atoms with Gasteiger partial charge in [-0.1, -0.05) is 42.3 Å². The smallest absolute Gasteiger partial charge is 0.251 e. The maximum Gasteiger partial charge on any atom is 0.251 e. The first kappa shape index (κ1) is 20.0. The molecule has 2 aliphatic heterocycles. The van der Waals surface area contributed by atoms with Gasteiger partial charge in [-0.2, -0.15) is 0 Å². The molecule has 0 aromatic heterocycles. The molecule has 0 bridgehead atoms. The van der Waals surface area contributed by atoms with E-state index in [1.54, 1.807) is 12.1 Å². The van der Waals surface area contributed by atoms with Crippen LogP contribution in [0.25, 0.3) is 0 Å². The molecule has 4 rings (SSSR count). The molecule has 2 heterocycles. The van der Waals surface area contributed by atoms with Gasteiger partial charge in [0.1, 0.15) is 0 Å². The third-order valence-corrected chi connectivity index (χ3v) is 5.75. The molecule has 0 unspecified atom stereocenters. The standard InChI is InChI=1S/C23H27ClN2O3/c24-20-13-19(14-21-22(20)29-12-6-11-28-21)23(27)25-15-17-7-2-3-8-18(17)16-26-9-4-1-5-10-26/h2-3,7-8,13-14H,1,4-6,9-12,15-16H2,(H,25,27). The Kier molecular flexibility index (Phi) is 6.57. The van der Waals surface area contributed by atoms with Gasteiger partial charge in [0.15, 0.2) is 11.5 Å². The molecular weight excluding hydrogens is 388 g/mol. The van der Waals surface area contributed by atoms with Gasteiger partial charge < -0.3 is 14.8 Å². The van der Waals surface area contributed by atoms with Crippen molar-refractivity contribution in [1.82, 2.24) is 10.2 Å². The number of ether oxygens (including phenoxy) is 2. The summed E-state index contributed by atoms with van der Waals surface area (Å²) in [5.74, 6) is 0.883. The van der Waals surface area contributed by atoms with E-state index in [9.17, 15) is 4.79 Å². The molecule has 2 aromatic rings. The zero-order valence-corrected chi connectivity index (χ0v) is 17.3. The average Bonchev–Trinajstić information content (AvgIpc) is 2.99. The van der Waals surface area contributed by atoms with Gasteiger partial charge in [-0.3, -0.25) is 9.69 Å². The van der Waals surface area contributed by atoms with Crippen LogP contribution in [0.4, 0.5) is 0 Å². The highest BCUT2D eigenvalue weighted by Gasteiger charge is 2.19. The number of rotatable bonds is 5. The molecule has 0 saturated carbocycles. The number of nitrogens with zero attached hydrogens (tertiary/aromatic N) is 1. The van der Waals surface area contributed by atoms with Gasteiger partial charge in [0, 0.05) is 25.1 Å². The van der Waals surface area contributed by atoms with E-state index in [0.717, 1.165) is 31.6 Å². The van der Waals surface area contributed by atoms with Crippen molar-refractivity contribution in [3.05, 3.63) is 58.1 Å². The van der Waals surface area contributed by atoms with Gasteiger partial charge in [0.05, 0.1) is 18.2 Å². The summed E-state index contributed by atoms with van der Waals surface area (Å²) in [5, 5.41) is 3.43. The van der Waals surface area contributed by atoms with E-state index < -0.39 is 0 Å². The highest BCUT2D eigenvalue weighted by Crippen LogP contribution is 2.38. The van der Waals surface area contributed by atoms with Crippen LogP contribution < -0.4 is 14.8 Å². The van der Waals surface area contributed by atoms with Crippen molar-refractivity contribution in [2.75, 3.05) is 26.3 Å². The number of likely N-dealkylation sites (tertiary alicyclic amines) is 1. The maximum absolute atomic E-state index is 12.8. The van der Waals surface area contributed by atoms with Crippen molar-refractivity contribution in [2.45, 2.75) is 38.8 Å². The molecule has 0 radical (unpaired) electrons. The number of benzene rings is 2. The lowest BCUT2D eigenvalue weighted by molar-refractivity contribution is 0.0950. The lowest BCUT2D eigenvalue weighted by Gasteiger charge is -2.27. The SMILES string of the molecule is O=C(NCc1ccccc1CN1CCCCC1)c1cc(Cl)c2c(c1)OCCCO2. The third kappa shape index (κ3) is 5.03. The quantitative estimate of drug-likeness (QED) is 0.786. The van der Waals surface area contributed by atoms with Gasteiger partial charge in [-0.15, -0.1) is 0 Å². The fourth-order valence-electron chi connectivity index (χ4n) is 3.88. The largest absolute Gasteiger partial charge is 0.489 e. The Labute approximate surface area is 176 Å². The predicted octanol–water partition coefficient (Wildman–Crippen LogP) is 4.42. The maximum atomic E-state index is 12.8. The summed E-state index contributed by atoms with van der Waals surface area (Å²) in [4.78, 5) is 15.3. The lowest BCUT2D eigenvalue weighted by atomic mass is 10.0. The van der Waals surface area contributed by atoms with Crippen molar-refractivity contribution in [3.63, 3.8) is 0 Å². The molecule has 0 aliphatic carbocycles. The molecule has 1 amide bonds. The normalized spacial score (nSPS) is 16.9. The van der Waals surface area contributed by atoms with E-state index in [4.69, 9.17) is 21.1 Å². The molecule has 154 valence electrons. The van der Waals surface area contributed by atoms with E-state index >= 15 is 0 Å². The first-order chi connectivity index (χ1) is 14.2. The van der Waals surface area contributed by atoms with Crippen LogP contribution in [-0.2, 0) is 13.1 Å². The van der Waals surface area contributed by atoms with Crippen LogP contribution in [0.15, 0.2) is 36.4 Å². The number of amides is 1. The van der Waals surface area contributed by atoms with Crippen LogP contribution in [0.2, 0.25) is 5.02 Å². The Hall–Kier alpha value is -2.24. The molecule has 0 spiro atoms. The second-order valence-electron chi connectivity index (χ2n) is 7.62. The predicted molar refractivity (Wildman–Crippen MR) is 114 cm³/mol. The number of halogens is 1. The highest BCUT2D eigenvalue weighted by atomic mass is 35.5. The number of carbonyl (C=O) groups excluding carboxylic acids is 1. The second kappa shape index (κ2) is 9.51. The molecule has 1 saturated heterocycles. The molecule has 2 aromatic carbocycles. The molecule has 1 fully saturated rings. The monoisotopic (exact) mass is 414 g/mol. The van der Waals surface area contributed by atoms with Crippen LogP contribution in [0.5, 0.6) is 11.5 Å². The Bertz CT molecular complexity index is 865. The highest BCUT2D eigenvalue weighted by molar-refractivity contribution is 6.32. The molecule has 0 atom stereocenters. The van der Waals surface area contributed by atoms with Gasteiger partial charge >= 0.3 is 0 Å². The van der Waals surface area contributed by atoms with Gasteiger partial charge in [0.2, 0.25) is 0 Å². The fourth-order valence-corrected chi connectivity index (χ4v) is 4.15. The van der Waals surface area contributed by atoms with Crippen LogP contribution in [0.1, 0.15) is 47.2 Å². The van der Waals surface area contributed by atoms with Crippen molar-refractivity contribution in [3.8, 4) is 11.5 Å². The van der Waals surface area contributed by atoms with E-state index in [1.807, 2.05) is 6.07 Å². The second-order valence-corrected chi connectivity index (χ2v) is 8.03. The number of piperidine rings is 1. The van der Waals surface area contributed by atoms with Crippen molar-refractivity contribution in [2.24, 2.45) is 0 Å². The summed E-state index contributed by atoms with van der Waals surface area (Å²) in [6.45, 7) is 4.83. The van der Waals surface area contributed by atoms with Crippen molar-refractivity contribution < 1.29 is 14.3 Å². The summed E-state index contributed by atoms with van der Waals surface area (Å²) < 4.78 is 11.3. The Morgan fingerprint density at radius 3 is 2.59 bits per heavy atom. The topological polar surface area (TPSA) is 50.8 Å². The Morgan fingerprint density at radius 2 is 1.76 bits per heavy atom. The number of hydrogen-bond donors (Lipinski definition) is 1. The molecule has 2 aliphatic rings. The third-order valence-electron chi connectivity index (χ3n) is 5.46. The average molecular weight is 415 g/mol. The zero-order chi connectivity index (χ0) is 20.1. The molecular formula is C23H27ClN2O3. The van der Waals surface area contributed by atoms with Gasteiger partial charge in [-0.05, 0) is 49.2 Å². The summed E-state index contributed by atoms with van der Waals surface area (Å²) in [6, 6.07) is 11.7. The van der Waals surface area contributed by atoms with E-state index in [-0.39, 0.29) is 5.91 Å². The van der Waals surface area contributed by atoms with Crippen molar-refractivity contribution in [1.29, 1.82) is 0 Å². The summed E-state index contributed by atoms with van der Waals surface area (Å²) >= 11 is 6.32. The molecule has 6 heteroatoms. The minimum Gasteiger partial charge on any atom is -0.489 e. The molecule has 29 heavy (non-hydrogen) atoms. The summed E-state index contributed by atoms with van der Waals surface area (Å²) in [6.07, 6.45) is 4.65. The van der Waals surface area contributed by atoms with E-state index in [0.29, 0.717) is 41.8 Å². The van der Waals surface area contributed by atoms with Gasteiger partial charge in [-0.25, -0.2) is 0 Å². The van der Waals surface area contributed by atoms with Crippen LogP contribution in [-0.4, -0.2) is 37.1 Å². The minimum absolute atomic E-state index is 0.171. The lowest BCUT2D eigenvalue weighted by Crippen LogP contribution is -2.30. The number of carbonyl (C=O) groups is 1. The number of nitrogens with one attached hydrogen (secondary N) is 1. The summed E-state index contributed by atoms with van der Waals surface area (Å²) in [7, 11) is 0. The number of fused-ring (bicyclic) bond motifs is 1. The molecule has 1 N–H and O–H groups in total. The molecule has 5 nitrogen and oxygen atoms in total. The zero-order valence-electron chi connectivity index (χ0n) is 16.6. The summed E-state index contributed by atoms with van der Waals surface area (Å²) in [5.41, 5.74) is 2.89. The van der Waals surface area contributed by atoms with Crippen LogP contribution in [0.3, 0.4) is 0 Å². The van der Waals surface area contributed by atoms with Crippen LogP contribution in [0, 0.1) is 0 Å². The van der Waals surface area contributed by atoms with E-state index in [2.05, 4.69) is 28.4 Å². The first-order valence-corrected chi connectivity index (χ1v) is 10.7. The fraction of sp³-hybridized carbons (Fsp3) is 0.435. The van der Waals surface area contributed by atoms with Crippen LogP contribution >= 0.6 is 11.6 Å². The Balaban J connectivity index is 1.43. The minimum atomic E-state index is -0.171.